The normalized spacial score (nSPS) is 10.6. The van der Waals surface area contributed by atoms with Crippen LogP contribution >= 0.6 is 11.3 Å². The van der Waals surface area contributed by atoms with Crippen LogP contribution in [0.15, 0.2) is 29.6 Å². The first-order chi connectivity index (χ1) is 10.0. The van der Waals surface area contributed by atoms with E-state index in [2.05, 4.69) is 10.3 Å². The molecular formula is C15H18N2O3S. The Morgan fingerprint density at radius 2 is 2.10 bits per heavy atom. The lowest BCUT2D eigenvalue weighted by Crippen LogP contribution is -2.05. The van der Waals surface area contributed by atoms with Crippen molar-refractivity contribution in [1.82, 2.24) is 4.98 Å². The molecule has 0 aliphatic heterocycles. The van der Waals surface area contributed by atoms with Gasteiger partial charge < -0.3 is 15.2 Å². The smallest absolute Gasteiger partial charge is 0.303 e. The third kappa shape index (κ3) is 5.07. The van der Waals surface area contributed by atoms with Crippen LogP contribution in [-0.4, -0.2) is 22.2 Å². The van der Waals surface area contributed by atoms with Crippen molar-refractivity contribution in [3.8, 4) is 5.75 Å². The Balaban J connectivity index is 1.93. The Labute approximate surface area is 127 Å². The lowest BCUT2D eigenvalue weighted by molar-refractivity contribution is -0.136. The Kier molecular flexibility index (Phi) is 5.16. The fourth-order valence-electron chi connectivity index (χ4n) is 1.73. The molecular weight excluding hydrogens is 288 g/mol. The summed E-state index contributed by atoms with van der Waals surface area (Å²) in [4.78, 5) is 14.9. The molecule has 0 unspecified atom stereocenters. The summed E-state index contributed by atoms with van der Waals surface area (Å²) in [7, 11) is 0. The minimum absolute atomic E-state index is 0.102. The van der Waals surface area contributed by atoms with Crippen molar-refractivity contribution in [3.63, 3.8) is 0 Å². The molecule has 1 aromatic carbocycles. The van der Waals surface area contributed by atoms with Crippen LogP contribution in [0.1, 0.15) is 26.0 Å². The van der Waals surface area contributed by atoms with E-state index in [9.17, 15) is 4.79 Å². The highest BCUT2D eigenvalue weighted by atomic mass is 32.1. The van der Waals surface area contributed by atoms with Crippen molar-refractivity contribution in [2.24, 2.45) is 0 Å². The summed E-state index contributed by atoms with van der Waals surface area (Å²) >= 11 is 1.46. The van der Waals surface area contributed by atoms with Crippen molar-refractivity contribution >= 4 is 28.1 Å². The predicted molar refractivity (Wildman–Crippen MR) is 83.6 cm³/mol. The van der Waals surface area contributed by atoms with Gasteiger partial charge in [-0.2, -0.15) is 0 Å². The van der Waals surface area contributed by atoms with Gasteiger partial charge in [-0.15, -0.1) is 11.3 Å². The summed E-state index contributed by atoms with van der Waals surface area (Å²) < 4.78 is 5.58. The molecule has 0 amide bonds. The highest BCUT2D eigenvalue weighted by Gasteiger charge is 2.05. The number of ether oxygens (including phenoxy) is 1. The number of carboxylic acid groups (broad SMARTS) is 1. The number of nitrogens with one attached hydrogen (secondary N) is 1. The van der Waals surface area contributed by atoms with Crippen molar-refractivity contribution in [2.45, 2.75) is 32.8 Å². The van der Waals surface area contributed by atoms with E-state index >= 15 is 0 Å². The standard InChI is InChI=1S/C15H18N2O3S/c1-10(2)20-13-6-3-11(4-7-13)16-15-17-12(9-21-15)5-8-14(18)19/h3-4,6-7,9-10H,5,8H2,1-2H3,(H,16,17)(H,18,19). The van der Waals surface area contributed by atoms with E-state index in [0.29, 0.717) is 6.42 Å². The number of thiazole rings is 1. The van der Waals surface area contributed by atoms with Gasteiger partial charge in [-0.3, -0.25) is 4.79 Å². The number of aryl methyl sites for hydroxylation is 1. The molecule has 0 aliphatic carbocycles. The van der Waals surface area contributed by atoms with Gasteiger partial charge >= 0.3 is 5.97 Å². The van der Waals surface area contributed by atoms with Gasteiger partial charge in [-0.05, 0) is 38.1 Å². The first-order valence-electron chi connectivity index (χ1n) is 6.73. The van der Waals surface area contributed by atoms with Crippen LogP contribution in [-0.2, 0) is 11.2 Å². The molecule has 0 fully saturated rings. The van der Waals surface area contributed by atoms with Crippen LogP contribution in [0.25, 0.3) is 0 Å². The highest BCUT2D eigenvalue weighted by Crippen LogP contribution is 2.23. The van der Waals surface area contributed by atoms with E-state index in [4.69, 9.17) is 9.84 Å². The molecule has 1 aromatic heterocycles. The Bertz CT molecular complexity index is 593. The van der Waals surface area contributed by atoms with Gasteiger partial charge in [0.05, 0.1) is 18.2 Å². The molecule has 0 saturated heterocycles. The fraction of sp³-hybridized carbons (Fsp3) is 0.333. The summed E-state index contributed by atoms with van der Waals surface area (Å²) in [6.45, 7) is 3.97. The number of aromatic nitrogens is 1. The van der Waals surface area contributed by atoms with Gasteiger partial charge in [0, 0.05) is 17.5 Å². The summed E-state index contributed by atoms with van der Waals surface area (Å²) in [5.41, 5.74) is 1.72. The number of nitrogens with zero attached hydrogens (tertiary/aromatic N) is 1. The molecule has 112 valence electrons. The maximum atomic E-state index is 10.5. The molecule has 0 bridgehead atoms. The molecule has 2 aromatic rings. The van der Waals surface area contributed by atoms with E-state index in [1.54, 1.807) is 0 Å². The van der Waals surface area contributed by atoms with Crippen LogP contribution in [0.5, 0.6) is 5.75 Å². The quantitative estimate of drug-likeness (QED) is 0.816. The van der Waals surface area contributed by atoms with Gasteiger partial charge in [0.1, 0.15) is 5.75 Å². The van der Waals surface area contributed by atoms with E-state index in [0.717, 1.165) is 22.3 Å². The van der Waals surface area contributed by atoms with Gasteiger partial charge in [-0.25, -0.2) is 4.98 Å². The first-order valence-corrected chi connectivity index (χ1v) is 7.61. The molecule has 2 rings (SSSR count). The second-order valence-corrected chi connectivity index (χ2v) is 5.71. The van der Waals surface area contributed by atoms with E-state index in [1.165, 1.54) is 11.3 Å². The molecule has 21 heavy (non-hydrogen) atoms. The maximum Gasteiger partial charge on any atom is 0.303 e. The lowest BCUT2D eigenvalue weighted by atomic mass is 10.2. The van der Waals surface area contributed by atoms with Crippen molar-refractivity contribution in [2.75, 3.05) is 5.32 Å². The molecule has 0 aliphatic rings. The number of rotatable bonds is 7. The average Bonchev–Trinajstić information content (AvgIpc) is 2.86. The van der Waals surface area contributed by atoms with Crippen molar-refractivity contribution in [3.05, 3.63) is 35.3 Å². The molecule has 0 radical (unpaired) electrons. The second-order valence-electron chi connectivity index (χ2n) is 4.85. The zero-order valence-electron chi connectivity index (χ0n) is 12.0. The van der Waals surface area contributed by atoms with Crippen molar-refractivity contribution in [1.29, 1.82) is 0 Å². The van der Waals surface area contributed by atoms with Crippen LogP contribution in [0.2, 0.25) is 0 Å². The number of carbonyl (C=O) groups is 1. The summed E-state index contributed by atoms with van der Waals surface area (Å²) in [5, 5.41) is 14.5. The Hall–Kier alpha value is -2.08. The lowest BCUT2D eigenvalue weighted by Gasteiger charge is -2.10. The number of hydrogen-bond acceptors (Lipinski definition) is 5. The zero-order chi connectivity index (χ0) is 15.2. The second kappa shape index (κ2) is 7.08. The first kappa shape index (κ1) is 15.3. The zero-order valence-corrected chi connectivity index (χ0v) is 12.8. The minimum Gasteiger partial charge on any atom is -0.491 e. The SMILES string of the molecule is CC(C)Oc1ccc(Nc2nc(CCC(=O)O)cs2)cc1. The summed E-state index contributed by atoms with van der Waals surface area (Å²) in [6, 6.07) is 7.66. The van der Waals surface area contributed by atoms with Crippen LogP contribution < -0.4 is 10.1 Å². The topological polar surface area (TPSA) is 71.5 Å². The minimum atomic E-state index is -0.807. The van der Waals surface area contributed by atoms with E-state index < -0.39 is 5.97 Å². The molecule has 0 atom stereocenters. The van der Waals surface area contributed by atoms with Gasteiger partial charge in [0.25, 0.3) is 0 Å². The van der Waals surface area contributed by atoms with E-state index in [-0.39, 0.29) is 12.5 Å². The van der Waals surface area contributed by atoms with Gasteiger partial charge in [0.15, 0.2) is 5.13 Å². The number of benzene rings is 1. The number of carboxylic acids is 1. The number of hydrogen-bond donors (Lipinski definition) is 2. The Morgan fingerprint density at radius 1 is 1.38 bits per heavy atom. The Morgan fingerprint density at radius 3 is 2.71 bits per heavy atom. The molecule has 6 heteroatoms. The molecule has 5 nitrogen and oxygen atoms in total. The van der Waals surface area contributed by atoms with Crippen LogP contribution in [0.4, 0.5) is 10.8 Å². The van der Waals surface area contributed by atoms with Gasteiger partial charge in [-0.1, -0.05) is 0 Å². The highest BCUT2D eigenvalue weighted by molar-refractivity contribution is 7.13. The molecule has 1 heterocycles. The van der Waals surface area contributed by atoms with Crippen molar-refractivity contribution < 1.29 is 14.6 Å². The van der Waals surface area contributed by atoms with Gasteiger partial charge in [0.2, 0.25) is 0 Å². The van der Waals surface area contributed by atoms with Crippen LogP contribution in [0, 0.1) is 0 Å². The molecule has 2 N–H and O–H groups in total. The fourth-order valence-corrected chi connectivity index (χ4v) is 2.49. The number of anilines is 2. The molecule has 0 spiro atoms. The molecule has 0 saturated carbocycles. The van der Waals surface area contributed by atoms with Crippen LogP contribution in [0.3, 0.4) is 0 Å². The summed E-state index contributed by atoms with van der Waals surface area (Å²) in [5.74, 6) is 0.0232. The largest absolute Gasteiger partial charge is 0.491 e. The maximum absolute atomic E-state index is 10.5. The average molecular weight is 306 g/mol. The third-order valence-corrected chi connectivity index (χ3v) is 3.43. The van der Waals surface area contributed by atoms with E-state index in [1.807, 2.05) is 43.5 Å². The monoisotopic (exact) mass is 306 g/mol. The third-order valence-electron chi connectivity index (χ3n) is 2.62. The number of aliphatic carboxylic acids is 1. The summed E-state index contributed by atoms with van der Waals surface area (Å²) in [6.07, 6.45) is 0.707. The predicted octanol–water partition coefficient (Wildman–Crippen LogP) is 3.69.